The van der Waals surface area contributed by atoms with Crippen molar-refractivity contribution in [3.05, 3.63) is 291 Å². The fourth-order valence-electron chi connectivity index (χ4n) is 11.5. The molecule has 12 aromatic rings. The molecule has 3 heterocycles. The van der Waals surface area contributed by atoms with Gasteiger partial charge < -0.3 is 9.80 Å². The summed E-state index contributed by atoms with van der Waals surface area (Å²) in [5.41, 5.74) is 25.9. The Morgan fingerprint density at radius 2 is 0.520 bits per heavy atom. The predicted octanol–water partition coefficient (Wildman–Crippen LogP) is 16.8. The van der Waals surface area contributed by atoms with Crippen LogP contribution >= 0.6 is 0 Å². The number of anilines is 6. The number of hydrogen-bond donors (Lipinski definition) is 0. The van der Waals surface area contributed by atoms with Crippen LogP contribution in [0.1, 0.15) is 0 Å². The first-order chi connectivity index (χ1) is 37.2. The number of fused-ring (bicyclic) bond motifs is 4. The summed E-state index contributed by atoms with van der Waals surface area (Å²) in [4.78, 5) is 10.7. The highest BCUT2D eigenvalue weighted by Crippen LogP contribution is 2.48. The summed E-state index contributed by atoms with van der Waals surface area (Å²) in [5.74, 6) is 0. The van der Waals surface area contributed by atoms with Crippen LogP contribution in [0.2, 0.25) is 0 Å². The first-order valence-electron chi connectivity index (χ1n) is 25.8. The highest BCUT2D eigenvalue weighted by Gasteiger charge is 2.43. The van der Waals surface area contributed by atoms with Crippen LogP contribution in [-0.2, 0) is 0 Å². The van der Waals surface area contributed by atoms with E-state index in [-0.39, 0.29) is 6.71 Å². The standard InChI is InChI=1S/C71H48BN3/c1-7-23-49(24-8-1)55-39-56(50-25-9-2-10-26-50)42-61(41-55)74-67-37-21-19-35-63(67)72-64-36-20-22-38-68(64)75(62-43-57(51-27-11-3-12-28-51)40-58(44-62)52-29-13-4-14-30-52)70-48-60(47-69(74)71(70)72)66-46-59(53-31-15-5-16-32-53)45-65(73-66)54-33-17-6-18-34-54/h1-48H. The molecule has 0 amide bonds. The van der Waals surface area contributed by atoms with E-state index in [2.05, 4.69) is 301 Å². The minimum Gasteiger partial charge on any atom is -0.311 e. The highest BCUT2D eigenvalue weighted by molar-refractivity contribution is 7.00. The Kier molecular flexibility index (Phi) is 11.0. The maximum atomic E-state index is 5.62. The van der Waals surface area contributed by atoms with Crippen molar-refractivity contribution in [1.29, 1.82) is 0 Å². The van der Waals surface area contributed by atoms with Crippen LogP contribution in [-0.4, -0.2) is 11.7 Å². The minimum atomic E-state index is -0.0655. The summed E-state index contributed by atoms with van der Waals surface area (Å²) in [7, 11) is 0. The van der Waals surface area contributed by atoms with Gasteiger partial charge in [0.1, 0.15) is 0 Å². The van der Waals surface area contributed by atoms with E-state index < -0.39 is 0 Å². The summed E-state index contributed by atoms with van der Waals surface area (Å²) < 4.78 is 0. The Balaban J connectivity index is 1.10. The van der Waals surface area contributed by atoms with E-state index >= 15 is 0 Å². The zero-order valence-electron chi connectivity index (χ0n) is 41.1. The number of hydrogen-bond acceptors (Lipinski definition) is 3. The lowest BCUT2D eigenvalue weighted by Crippen LogP contribution is -2.61. The molecule has 75 heavy (non-hydrogen) atoms. The molecule has 2 aliphatic rings. The van der Waals surface area contributed by atoms with Crippen LogP contribution in [0.5, 0.6) is 0 Å². The molecule has 0 saturated heterocycles. The molecule has 0 fully saturated rings. The molecular weight excluding hydrogens is 906 g/mol. The van der Waals surface area contributed by atoms with Crippen molar-refractivity contribution < 1.29 is 0 Å². The van der Waals surface area contributed by atoms with E-state index in [9.17, 15) is 0 Å². The number of nitrogens with zero attached hydrogens (tertiary/aromatic N) is 3. The van der Waals surface area contributed by atoms with Gasteiger partial charge in [0.05, 0.1) is 11.4 Å². The first kappa shape index (κ1) is 44.0. The summed E-state index contributed by atoms with van der Waals surface area (Å²) in [6.45, 7) is -0.0655. The third-order valence-electron chi connectivity index (χ3n) is 15.0. The van der Waals surface area contributed by atoms with E-state index in [0.29, 0.717) is 0 Å². The van der Waals surface area contributed by atoms with Crippen molar-refractivity contribution in [3.63, 3.8) is 0 Å². The van der Waals surface area contributed by atoms with Gasteiger partial charge >= 0.3 is 0 Å². The monoisotopic (exact) mass is 953 g/mol. The van der Waals surface area contributed by atoms with Gasteiger partial charge in [-0.05, 0) is 145 Å². The molecule has 350 valence electrons. The Morgan fingerprint density at radius 3 is 0.880 bits per heavy atom. The quantitative estimate of drug-likeness (QED) is 0.134. The molecular formula is C71H48BN3. The molecule has 0 N–H and O–H groups in total. The number of rotatable bonds is 9. The Hall–Kier alpha value is -9.77. The lowest BCUT2D eigenvalue weighted by Gasteiger charge is -2.44. The van der Waals surface area contributed by atoms with Gasteiger partial charge in [0.15, 0.2) is 0 Å². The van der Waals surface area contributed by atoms with Crippen molar-refractivity contribution in [3.8, 4) is 78.1 Å². The van der Waals surface area contributed by atoms with E-state index in [1.54, 1.807) is 0 Å². The van der Waals surface area contributed by atoms with Crippen LogP contribution in [0.25, 0.3) is 78.1 Å². The van der Waals surface area contributed by atoms with Crippen molar-refractivity contribution in [2.24, 2.45) is 0 Å². The Morgan fingerprint density at radius 1 is 0.227 bits per heavy atom. The Bertz CT molecular complexity index is 3680. The third-order valence-corrected chi connectivity index (χ3v) is 15.0. The molecule has 0 unspecified atom stereocenters. The average molecular weight is 954 g/mol. The van der Waals surface area contributed by atoms with Crippen LogP contribution in [0, 0.1) is 0 Å². The third kappa shape index (κ3) is 8.01. The molecule has 14 rings (SSSR count). The minimum absolute atomic E-state index is 0.0655. The molecule has 3 nitrogen and oxygen atoms in total. The smallest absolute Gasteiger partial charge is 0.252 e. The fourth-order valence-corrected chi connectivity index (χ4v) is 11.5. The second-order valence-electron chi connectivity index (χ2n) is 19.5. The highest BCUT2D eigenvalue weighted by atomic mass is 15.2. The van der Waals surface area contributed by atoms with Gasteiger partial charge in [-0.2, -0.15) is 0 Å². The largest absolute Gasteiger partial charge is 0.311 e. The van der Waals surface area contributed by atoms with Crippen LogP contribution in [0.4, 0.5) is 34.1 Å². The number of para-hydroxylation sites is 2. The maximum Gasteiger partial charge on any atom is 0.252 e. The van der Waals surface area contributed by atoms with Crippen LogP contribution in [0.3, 0.4) is 0 Å². The fraction of sp³-hybridized carbons (Fsp3) is 0. The van der Waals surface area contributed by atoms with Gasteiger partial charge in [0.25, 0.3) is 6.71 Å². The summed E-state index contributed by atoms with van der Waals surface area (Å²) in [6.07, 6.45) is 0. The first-order valence-corrected chi connectivity index (χ1v) is 25.8. The predicted molar refractivity (Wildman–Crippen MR) is 316 cm³/mol. The molecule has 2 aliphatic heterocycles. The lowest BCUT2D eigenvalue weighted by molar-refractivity contribution is 1.25. The zero-order valence-corrected chi connectivity index (χ0v) is 41.1. The molecule has 0 spiro atoms. The van der Waals surface area contributed by atoms with Crippen molar-refractivity contribution in [2.75, 3.05) is 9.80 Å². The van der Waals surface area contributed by atoms with E-state index in [1.165, 1.54) is 38.6 Å². The summed E-state index contributed by atoms with van der Waals surface area (Å²) >= 11 is 0. The van der Waals surface area contributed by atoms with Gasteiger partial charge in [0.2, 0.25) is 0 Å². The van der Waals surface area contributed by atoms with E-state index in [1.807, 2.05) is 0 Å². The molecule has 0 bridgehead atoms. The normalized spacial score (nSPS) is 12.2. The van der Waals surface area contributed by atoms with Crippen LogP contribution < -0.4 is 26.2 Å². The molecule has 4 heteroatoms. The molecule has 0 aliphatic carbocycles. The van der Waals surface area contributed by atoms with Gasteiger partial charge in [-0.3, -0.25) is 0 Å². The molecule has 0 atom stereocenters. The number of benzene rings is 11. The Labute approximate surface area is 439 Å². The average Bonchev–Trinajstić information content (AvgIpc) is 3.50. The van der Waals surface area contributed by atoms with Gasteiger partial charge in [-0.15, -0.1) is 0 Å². The van der Waals surface area contributed by atoms with Gasteiger partial charge in [-0.1, -0.05) is 218 Å². The number of aromatic nitrogens is 1. The topological polar surface area (TPSA) is 19.4 Å². The second kappa shape index (κ2) is 18.7. The lowest BCUT2D eigenvalue weighted by atomic mass is 9.33. The van der Waals surface area contributed by atoms with Gasteiger partial charge in [-0.25, -0.2) is 4.98 Å². The molecule has 0 radical (unpaired) electrons. The second-order valence-corrected chi connectivity index (χ2v) is 19.5. The van der Waals surface area contributed by atoms with Crippen LogP contribution in [0.15, 0.2) is 291 Å². The maximum absolute atomic E-state index is 5.62. The van der Waals surface area contributed by atoms with Crippen molar-refractivity contribution in [1.82, 2.24) is 4.98 Å². The van der Waals surface area contributed by atoms with Crippen molar-refractivity contribution in [2.45, 2.75) is 0 Å². The number of pyridine rings is 1. The van der Waals surface area contributed by atoms with E-state index in [0.717, 1.165) is 90.0 Å². The molecule has 1 aromatic heterocycles. The zero-order chi connectivity index (χ0) is 49.7. The summed E-state index contributed by atoms with van der Waals surface area (Å²) in [5, 5.41) is 0. The molecule has 11 aromatic carbocycles. The van der Waals surface area contributed by atoms with E-state index in [4.69, 9.17) is 4.98 Å². The molecule has 0 saturated carbocycles. The van der Waals surface area contributed by atoms with Crippen molar-refractivity contribution >= 4 is 57.2 Å². The summed E-state index contributed by atoms with van der Waals surface area (Å²) in [6, 6.07) is 106. The van der Waals surface area contributed by atoms with Gasteiger partial charge in [0, 0.05) is 45.3 Å². The SMILES string of the molecule is c1ccc(-c2cc(-c3ccccc3)cc(N3c4ccccc4B4c5ccccc5N(c5cc(-c6ccccc6)cc(-c6ccccc6)c5)c5cc(-c6cc(-c7ccccc7)cc(-c7ccccc7)n6)cc3c54)c2)cc1.